The SMILES string of the molecule is CC1CC(C(=O)O)CC1=O. The van der Waals surface area contributed by atoms with Gasteiger partial charge in [0.2, 0.25) is 0 Å². The van der Waals surface area contributed by atoms with E-state index in [1.54, 1.807) is 6.92 Å². The molecule has 0 amide bonds. The van der Waals surface area contributed by atoms with Crippen molar-refractivity contribution in [2.75, 3.05) is 0 Å². The Morgan fingerprint density at radius 1 is 1.70 bits per heavy atom. The molecule has 1 aliphatic rings. The van der Waals surface area contributed by atoms with E-state index >= 15 is 0 Å². The highest BCUT2D eigenvalue weighted by atomic mass is 16.4. The van der Waals surface area contributed by atoms with Crippen LogP contribution in [0.1, 0.15) is 19.8 Å². The predicted molar refractivity (Wildman–Crippen MR) is 34.5 cm³/mol. The number of hydrogen-bond donors (Lipinski definition) is 1. The molecule has 0 spiro atoms. The molecule has 1 aliphatic carbocycles. The van der Waals surface area contributed by atoms with E-state index in [1.807, 2.05) is 0 Å². The fourth-order valence-electron chi connectivity index (χ4n) is 1.27. The highest BCUT2D eigenvalue weighted by molar-refractivity contribution is 5.88. The zero-order chi connectivity index (χ0) is 7.72. The minimum atomic E-state index is -0.835. The van der Waals surface area contributed by atoms with Crippen molar-refractivity contribution in [3.05, 3.63) is 0 Å². The Balaban J connectivity index is 2.57. The molecule has 10 heavy (non-hydrogen) atoms. The first-order chi connectivity index (χ1) is 4.61. The first-order valence-electron chi connectivity index (χ1n) is 3.36. The smallest absolute Gasteiger partial charge is 0.306 e. The van der Waals surface area contributed by atoms with Crippen molar-refractivity contribution in [3.8, 4) is 0 Å². The maximum absolute atomic E-state index is 10.8. The van der Waals surface area contributed by atoms with E-state index in [1.165, 1.54) is 0 Å². The Bertz CT molecular complexity index is 174. The van der Waals surface area contributed by atoms with Crippen molar-refractivity contribution in [3.63, 3.8) is 0 Å². The van der Waals surface area contributed by atoms with Crippen LogP contribution in [-0.4, -0.2) is 16.9 Å². The highest BCUT2D eigenvalue weighted by Gasteiger charge is 2.33. The largest absolute Gasteiger partial charge is 0.481 e. The van der Waals surface area contributed by atoms with Crippen LogP contribution in [0.2, 0.25) is 0 Å². The molecule has 0 aliphatic heterocycles. The summed E-state index contributed by atoms with van der Waals surface area (Å²) in [6.45, 7) is 1.78. The molecule has 0 heterocycles. The fourth-order valence-corrected chi connectivity index (χ4v) is 1.27. The molecule has 1 N–H and O–H groups in total. The van der Waals surface area contributed by atoms with Gasteiger partial charge in [-0.2, -0.15) is 0 Å². The van der Waals surface area contributed by atoms with Crippen molar-refractivity contribution in [2.45, 2.75) is 19.8 Å². The van der Waals surface area contributed by atoms with Crippen LogP contribution in [0.25, 0.3) is 0 Å². The third kappa shape index (κ3) is 1.17. The van der Waals surface area contributed by atoms with E-state index in [2.05, 4.69) is 0 Å². The van der Waals surface area contributed by atoms with E-state index in [4.69, 9.17) is 5.11 Å². The van der Waals surface area contributed by atoms with E-state index in [0.717, 1.165) is 0 Å². The standard InChI is InChI=1S/C7H10O3/c1-4-2-5(7(9)10)3-6(4)8/h4-5H,2-3H2,1H3,(H,9,10). The summed E-state index contributed by atoms with van der Waals surface area (Å²) in [5.41, 5.74) is 0. The Morgan fingerprint density at radius 3 is 2.50 bits per heavy atom. The fraction of sp³-hybridized carbons (Fsp3) is 0.714. The maximum atomic E-state index is 10.8. The van der Waals surface area contributed by atoms with Crippen LogP contribution in [0.3, 0.4) is 0 Å². The Labute approximate surface area is 59.0 Å². The molecule has 0 bridgehead atoms. The highest BCUT2D eigenvalue weighted by Crippen LogP contribution is 2.26. The minimum absolute atomic E-state index is 0.0406. The second kappa shape index (κ2) is 2.40. The maximum Gasteiger partial charge on any atom is 0.306 e. The number of carbonyl (C=O) groups is 2. The minimum Gasteiger partial charge on any atom is -0.481 e. The van der Waals surface area contributed by atoms with Crippen molar-refractivity contribution in [2.24, 2.45) is 11.8 Å². The van der Waals surface area contributed by atoms with E-state index in [9.17, 15) is 9.59 Å². The lowest BCUT2D eigenvalue weighted by Gasteiger charge is -1.98. The number of rotatable bonds is 1. The molecule has 1 fully saturated rings. The zero-order valence-corrected chi connectivity index (χ0v) is 5.83. The molecule has 0 aromatic heterocycles. The first-order valence-corrected chi connectivity index (χ1v) is 3.36. The number of carbonyl (C=O) groups excluding carboxylic acids is 1. The molecule has 1 saturated carbocycles. The molecule has 0 saturated heterocycles. The van der Waals surface area contributed by atoms with Crippen molar-refractivity contribution >= 4 is 11.8 Å². The van der Waals surface area contributed by atoms with Gasteiger partial charge in [-0.15, -0.1) is 0 Å². The van der Waals surface area contributed by atoms with Gasteiger partial charge < -0.3 is 5.11 Å². The lowest BCUT2D eigenvalue weighted by Crippen LogP contribution is -2.09. The number of ketones is 1. The van der Waals surface area contributed by atoms with E-state index in [-0.39, 0.29) is 18.1 Å². The Morgan fingerprint density at radius 2 is 2.30 bits per heavy atom. The van der Waals surface area contributed by atoms with Crippen molar-refractivity contribution in [1.29, 1.82) is 0 Å². The number of Topliss-reactive ketones (excluding diaryl/α,β-unsaturated/α-hetero) is 1. The third-order valence-electron chi connectivity index (χ3n) is 1.98. The van der Waals surface area contributed by atoms with Gasteiger partial charge in [-0.25, -0.2) is 0 Å². The third-order valence-corrected chi connectivity index (χ3v) is 1.98. The number of hydrogen-bond acceptors (Lipinski definition) is 2. The van der Waals surface area contributed by atoms with Crippen LogP contribution in [-0.2, 0) is 9.59 Å². The first kappa shape index (κ1) is 7.25. The monoisotopic (exact) mass is 142 g/mol. The summed E-state index contributed by atoms with van der Waals surface area (Å²) in [5, 5.41) is 8.50. The molecule has 3 nitrogen and oxygen atoms in total. The van der Waals surface area contributed by atoms with Gasteiger partial charge in [0.15, 0.2) is 0 Å². The summed E-state index contributed by atoms with van der Waals surface area (Å²) >= 11 is 0. The molecule has 56 valence electrons. The quantitative estimate of drug-likeness (QED) is 0.586. The summed E-state index contributed by atoms with van der Waals surface area (Å²) in [5.74, 6) is -1.20. The van der Waals surface area contributed by atoms with Gasteiger partial charge in [0.1, 0.15) is 5.78 Å². The lowest BCUT2D eigenvalue weighted by atomic mass is 10.1. The summed E-state index contributed by atoms with van der Waals surface area (Å²) in [4.78, 5) is 21.2. The molecule has 0 radical (unpaired) electrons. The zero-order valence-electron chi connectivity index (χ0n) is 5.83. The molecule has 0 aromatic rings. The summed E-state index contributed by atoms with van der Waals surface area (Å²) in [6, 6.07) is 0. The molecular weight excluding hydrogens is 132 g/mol. The van der Waals surface area contributed by atoms with Gasteiger partial charge in [0, 0.05) is 12.3 Å². The number of aliphatic carboxylic acids is 1. The van der Waals surface area contributed by atoms with Gasteiger partial charge in [-0.1, -0.05) is 6.92 Å². The topological polar surface area (TPSA) is 54.4 Å². The normalized spacial score (nSPS) is 32.7. The van der Waals surface area contributed by atoms with Crippen LogP contribution < -0.4 is 0 Å². The van der Waals surface area contributed by atoms with E-state index < -0.39 is 11.9 Å². The average Bonchev–Trinajstić information content (AvgIpc) is 2.13. The van der Waals surface area contributed by atoms with Crippen LogP contribution in [0.15, 0.2) is 0 Å². The Hall–Kier alpha value is -0.860. The number of carboxylic acid groups (broad SMARTS) is 1. The van der Waals surface area contributed by atoms with Crippen LogP contribution in [0, 0.1) is 11.8 Å². The summed E-state index contributed by atoms with van der Waals surface area (Å²) in [7, 11) is 0. The molecule has 2 atom stereocenters. The van der Waals surface area contributed by atoms with Gasteiger partial charge in [0.25, 0.3) is 0 Å². The Kier molecular flexibility index (Phi) is 1.74. The van der Waals surface area contributed by atoms with Gasteiger partial charge in [-0.3, -0.25) is 9.59 Å². The lowest BCUT2D eigenvalue weighted by molar-refractivity contribution is -0.142. The predicted octanol–water partition coefficient (Wildman–Crippen LogP) is 0.686. The van der Waals surface area contributed by atoms with Crippen LogP contribution >= 0.6 is 0 Å². The average molecular weight is 142 g/mol. The van der Waals surface area contributed by atoms with Gasteiger partial charge in [0.05, 0.1) is 5.92 Å². The molecule has 2 unspecified atom stereocenters. The van der Waals surface area contributed by atoms with Gasteiger partial charge >= 0.3 is 5.97 Å². The van der Waals surface area contributed by atoms with Crippen molar-refractivity contribution < 1.29 is 14.7 Å². The van der Waals surface area contributed by atoms with Crippen LogP contribution in [0.4, 0.5) is 0 Å². The van der Waals surface area contributed by atoms with E-state index in [0.29, 0.717) is 6.42 Å². The molecule has 0 aromatic carbocycles. The molecular formula is C7H10O3. The number of carboxylic acids is 1. The molecule has 3 heteroatoms. The van der Waals surface area contributed by atoms with Gasteiger partial charge in [-0.05, 0) is 6.42 Å². The summed E-state index contributed by atoms with van der Waals surface area (Å²) in [6.07, 6.45) is 0.755. The summed E-state index contributed by atoms with van der Waals surface area (Å²) < 4.78 is 0. The van der Waals surface area contributed by atoms with Crippen LogP contribution in [0.5, 0.6) is 0 Å². The second-order valence-corrected chi connectivity index (χ2v) is 2.84. The van der Waals surface area contributed by atoms with Crippen molar-refractivity contribution in [1.82, 2.24) is 0 Å². The molecule has 1 rings (SSSR count). The second-order valence-electron chi connectivity index (χ2n) is 2.84.